The third kappa shape index (κ3) is 5.23. The summed E-state index contributed by atoms with van der Waals surface area (Å²) < 4.78 is 13.1. The van der Waals surface area contributed by atoms with Crippen molar-refractivity contribution in [3.63, 3.8) is 0 Å². The van der Waals surface area contributed by atoms with E-state index in [0.29, 0.717) is 32.6 Å². The van der Waals surface area contributed by atoms with Gasteiger partial charge in [0.15, 0.2) is 0 Å². The van der Waals surface area contributed by atoms with Gasteiger partial charge in [-0.15, -0.1) is 11.8 Å². The molecule has 0 bridgehead atoms. The Bertz CT molecular complexity index is 811. The largest absolute Gasteiger partial charge is 0.339 e. The Kier molecular flexibility index (Phi) is 6.74. The minimum absolute atomic E-state index is 0.102. The molecule has 1 aliphatic rings. The van der Waals surface area contributed by atoms with E-state index in [2.05, 4.69) is 0 Å². The molecule has 142 valence electrons. The molecule has 0 aromatic heterocycles. The third-order valence-electron chi connectivity index (χ3n) is 4.41. The zero-order chi connectivity index (χ0) is 19.2. The van der Waals surface area contributed by atoms with Gasteiger partial charge in [0.2, 0.25) is 5.91 Å². The number of carbonyl (C=O) groups is 2. The molecule has 1 aliphatic heterocycles. The van der Waals surface area contributed by atoms with E-state index in [1.165, 1.54) is 12.1 Å². The summed E-state index contributed by atoms with van der Waals surface area (Å²) in [5.41, 5.74) is 0.289. The molecule has 1 fully saturated rings. The Morgan fingerprint density at radius 2 is 1.67 bits per heavy atom. The van der Waals surface area contributed by atoms with Gasteiger partial charge in [-0.2, -0.15) is 0 Å². The summed E-state index contributed by atoms with van der Waals surface area (Å²) in [7, 11) is 0. The van der Waals surface area contributed by atoms with Crippen LogP contribution in [0.3, 0.4) is 0 Å². The van der Waals surface area contributed by atoms with E-state index in [1.807, 2.05) is 30.3 Å². The van der Waals surface area contributed by atoms with Crippen LogP contribution in [-0.4, -0.2) is 53.5 Å². The number of hydrogen-bond donors (Lipinski definition) is 0. The van der Waals surface area contributed by atoms with Crippen LogP contribution >= 0.6 is 23.4 Å². The lowest BCUT2D eigenvalue weighted by Crippen LogP contribution is -2.50. The highest BCUT2D eigenvalue weighted by Gasteiger charge is 2.25. The fourth-order valence-electron chi connectivity index (χ4n) is 2.92. The number of thioether (sulfide) groups is 1. The molecule has 0 unspecified atom stereocenters. The van der Waals surface area contributed by atoms with Crippen LogP contribution in [0.4, 0.5) is 4.39 Å². The van der Waals surface area contributed by atoms with Gasteiger partial charge in [0.1, 0.15) is 5.82 Å². The van der Waals surface area contributed by atoms with Crippen LogP contribution in [0.5, 0.6) is 0 Å². The average Bonchev–Trinajstić information content (AvgIpc) is 2.68. The van der Waals surface area contributed by atoms with E-state index < -0.39 is 5.82 Å². The molecule has 0 aliphatic carbocycles. The SMILES string of the molecule is O=C(CCSc1ccccc1)N1CCN(C(=O)c2ccc(F)cc2Cl)CC1. The molecular formula is C20H20ClFN2O2S. The van der Waals surface area contributed by atoms with Gasteiger partial charge in [-0.05, 0) is 30.3 Å². The lowest BCUT2D eigenvalue weighted by molar-refractivity contribution is -0.132. The van der Waals surface area contributed by atoms with E-state index in [1.54, 1.807) is 21.6 Å². The number of benzene rings is 2. The summed E-state index contributed by atoms with van der Waals surface area (Å²) in [6.45, 7) is 1.90. The van der Waals surface area contributed by atoms with Crippen molar-refractivity contribution in [1.29, 1.82) is 0 Å². The molecule has 3 rings (SSSR count). The number of hydrogen-bond acceptors (Lipinski definition) is 3. The zero-order valence-electron chi connectivity index (χ0n) is 14.7. The fraction of sp³-hybridized carbons (Fsp3) is 0.300. The van der Waals surface area contributed by atoms with Gasteiger partial charge in [-0.3, -0.25) is 9.59 Å². The average molecular weight is 407 g/mol. The minimum Gasteiger partial charge on any atom is -0.339 e. The molecule has 0 N–H and O–H groups in total. The van der Waals surface area contributed by atoms with Crippen molar-refractivity contribution >= 4 is 35.2 Å². The Morgan fingerprint density at radius 3 is 2.33 bits per heavy atom. The molecule has 4 nitrogen and oxygen atoms in total. The van der Waals surface area contributed by atoms with E-state index >= 15 is 0 Å². The first-order valence-electron chi connectivity index (χ1n) is 8.74. The maximum Gasteiger partial charge on any atom is 0.255 e. The van der Waals surface area contributed by atoms with Crippen LogP contribution in [0.15, 0.2) is 53.4 Å². The highest BCUT2D eigenvalue weighted by Crippen LogP contribution is 2.21. The first-order chi connectivity index (χ1) is 13.0. The number of amides is 2. The van der Waals surface area contributed by atoms with Gasteiger partial charge >= 0.3 is 0 Å². The second kappa shape index (κ2) is 9.24. The maximum absolute atomic E-state index is 13.1. The molecule has 1 saturated heterocycles. The third-order valence-corrected chi connectivity index (χ3v) is 5.74. The monoisotopic (exact) mass is 406 g/mol. The van der Waals surface area contributed by atoms with Gasteiger partial charge in [0.25, 0.3) is 5.91 Å². The lowest BCUT2D eigenvalue weighted by Gasteiger charge is -2.35. The van der Waals surface area contributed by atoms with Crippen LogP contribution in [0.25, 0.3) is 0 Å². The van der Waals surface area contributed by atoms with Gasteiger partial charge < -0.3 is 9.80 Å². The molecule has 7 heteroatoms. The van der Waals surface area contributed by atoms with Crippen LogP contribution in [-0.2, 0) is 4.79 Å². The van der Waals surface area contributed by atoms with Crippen molar-refractivity contribution < 1.29 is 14.0 Å². The van der Waals surface area contributed by atoms with Gasteiger partial charge in [-0.25, -0.2) is 4.39 Å². The van der Waals surface area contributed by atoms with E-state index in [4.69, 9.17) is 11.6 Å². The van der Waals surface area contributed by atoms with Crippen molar-refractivity contribution in [3.05, 3.63) is 64.9 Å². The molecule has 0 atom stereocenters. The smallest absolute Gasteiger partial charge is 0.255 e. The van der Waals surface area contributed by atoms with Crippen molar-refractivity contribution in [1.82, 2.24) is 9.80 Å². The number of nitrogens with zero attached hydrogens (tertiary/aromatic N) is 2. The zero-order valence-corrected chi connectivity index (χ0v) is 16.3. The normalized spacial score (nSPS) is 14.3. The molecule has 1 heterocycles. The number of halogens is 2. The summed E-state index contributed by atoms with van der Waals surface area (Å²) in [5.74, 6) is 0.130. The molecule has 2 aromatic carbocycles. The van der Waals surface area contributed by atoms with Crippen LogP contribution in [0.2, 0.25) is 5.02 Å². The van der Waals surface area contributed by atoms with Gasteiger partial charge in [0, 0.05) is 43.2 Å². The highest BCUT2D eigenvalue weighted by atomic mass is 35.5. The number of carbonyl (C=O) groups excluding carboxylic acids is 2. The van der Waals surface area contributed by atoms with Crippen molar-refractivity contribution in [2.24, 2.45) is 0 Å². The molecule has 0 saturated carbocycles. The molecule has 2 amide bonds. The predicted molar refractivity (Wildman–Crippen MR) is 106 cm³/mol. The molecule has 0 spiro atoms. The summed E-state index contributed by atoms with van der Waals surface area (Å²) in [4.78, 5) is 29.5. The minimum atomic E-state index is -0.472. The van der Waals surface area contributed by atoms with Crippen molar-refractivity contribution in [3.8, 4) is 0 Å². The Hall–Kier alpha value is -2.05. The van der Waals surface area contributed by atoms with Crippen molar-refractivity contribution in [2.75, 3.05) is 31.9 Å². The first-order valence-corrected chi connectivity index (χ1v) is 10.1. The Balaban J connectivity index is 1.46. The molecule has 27 heavy (non-hydrogen) atoms. The number of piperazine rings is 1. The topological polar surface area (TPSA) is 40.6 Å². The second-order valence-electron chi connectivity index (χ2n) is 6.21. The Labute approximate surface area is 167 Å². The van der Waals surface area contributed by atoms with E-state index in [9.17, 15) is 14.0 Å². The van der Waals surface area contributed by atoms with Crippen LogP contribution < -0.4 is 0 Å². The highest BCUT2D eigenvalue weighted by molar-refractivity contribution is 7.99. The summed E-state index contributed by atoms with van der Waals surface area (Å²) in [6, 6.07) is 13.7. The second-order valence-corrected chi connectivity index (χ2v) is 7.78. The lowest BCUT2D eigenvalue weighted by atomic mass is 10.1. The van der Waals surface area contributed by atoms with E-state index in [0.717, 1.165) is 16.7 Å². The molecule has 2 aromatic rings. The van der Waals surface area contributed by atoms with Crippen LogP contribution in [0.1, 0.15) is 16.8 Å². The maximum atomic E-state index is 13.1. The van der Waals surface area contributed by atoms with Crippen molar-refractivity contribution in [2.45, 2.75) is 11.3 Å². The quantitative estimate of drug-likeness (QED) is 0.706. The number of rotatable bonds is 5. The Morgan fingerprint density at radius 1 is 1.00 bits per heavy atom. The summed E-state index contributed by atoms with van der Waals surface area (Å²) in [5, 5.41) is 0.108. The van der Waals surface area contributed by atoms with Gasteiger partial charge in [0.05, 0.1) is 10.6 Å². The van der Waals surface area contributed by atoms with Gasteiger partial charge in [-0.1, -0.05) is 29.8 Å². The summed E-state index contributed by atoms with van der Waals surface area (Å²) in [6.07, 6.45) is 0.470. The first kappa shape index (κ1) is 19.7. The van der Waals surface area contributed by atoms with Crippen LogP contribution in [0, 0.1) is 5.82 Å². The van der Waals surface area contributed by atoms with E-state index in [-0.39, 0.29) is 22.4 Å². The standard InChI is InChI=1S/C20H20ClFN2O2S/c21-18-14-15(22)6-7-17(18)20(26)24-11-9-23(10-12-24)19(25)8-13-27-16-4-2-1-3-5-16/h1-7,14H,8-13H2. The predicted octanol–water partition coefficient (Wildman–Crippen LogP) is 3.95. The summed E-state index contributed by atoms with van der Waals surface area (Å²) >= 11 is 7.64. The molecular weight excluding hydrogens is 387 g/mol. The fourth-order valence-corrected chi connectivity index (χ4v) is 4.03. The molecule has 0 radical (unpaired) electrons.